The zero-order valence-electron chi connectivity index (χ0n) is 18.2. The van der Waals surface area contributed by atoms with Crippen LogP contribution in [0.15, 0.2) is 4.99 Å². The summed E-state index contributed by atoms with van der Waals surface area (Å²) in [6.07, 6.45) is 0. The van der Waals surface area contributed by atoms with Gasteiger partial charge in [0.05, 0.1) is 13.2 Å². The van der Waals surface area contributed by atoms with Crippen LogP contribution >= 0.6 is 0 Å². The molecule has 27 heavy (non-hydrogen) atoms. The minimum absolute atomic E-state index is 0.509. The monoisotopic (exact) mass is 382 g/mol. The molecule has 0 radical (unpaired) electrons. The van der Waals surface area contributed by atoms with Crippen LogP contribution in [0.5, 0.6) is 0 Å². The van der Waals surface area contributed by atoms with Gasteiger partial charge in [-0.25, -0.2) is 0 Å². The maximum atomic E-state index is 5.50. The molecule has 2 aliphatic heterocycles. The van der Waals surface area contributed by atoms with Gasteiger partial charge in [0.25, 0.3) is 0 Å². The van der Waals surface area contributed by atoms with E-state index in [-0.39, 0.29) is 0 Å². The summed E-state index contributed by atoms with van der Waals surface area (Å²) in [4.78, 5) is 12.0. The van der Waals surface area contributed by atoms with E-state index in [1.165, 1.54) is 26.2 Å². The van der Waals surface area contributed by atoms with E-state index in [2.05, 4.69) is 58.1 Å². The van der Waals surface area contributed by atoms with Crippen molar-refractivity contribution in [1.29, 1.82) is 0 Å². The van der Waals surface area contributed by atoms with Gasteiger partial charge in [0, 0.05) is 72.0 Å². The molecule has 2 atom stereocenters. The Morgan fingerprint density at radius 1 is 0.963 bits per heavy atom. The molecule has 0 spiro atoms. The molecule has 2 fully saturated rings. The first-order valence-electron chi connectivity index (χ1n) is 10.7. The largest absolute Gasteiger partial charge is 0.379 e. The third-order valence-electron chi connectivity index (χ3n) is 5.77. The Balaban J connectivity index is 1.70. The molecule has 0 bridgehead atoms. The highest BCUT2D eigenvalue weighted by Crippen LogP contribution is 2.12. The number of aliphatic imine (C=N–C) groups is 1. The topological polar surface area (TPSA) is 55.4 Å². The van der Waals surface area contributed by atoms with E-state index in [4.69, 9.17) is 4.74 Å². The maximum absolute atomic E-state index is 5.50. The molecule has 2 rings (SSSR count). The Morgan fingerprint density at radius 2 is 1.59 bits per heavy atom. The molecule has 0 aliphatic carbocycles. The van der Waals surface area contributed by atoms with Crippen molar-refractivity contribution in [2.24, 2.45) is 16.8 Å². The molecule has 0 aromatic rings. The van der Waals surface area contributed by atoms with Crippen molar-refractivity contribution >= 4 is 5.96 Å². The Labute approximate surface area is 166 Å². The third kappa shape index (κ3) is 7.94. The first kappa shape index (κ1) is 22.4. The lowest BCUT2D eigenvalue weighted by molar-refractivity contribution is 0.00752. The van der Waals surface area contributed by atoms with Crippen LogP contribution in [-0.4, -0.2) is 113 Å². The summed E-state index contributed by atoms with van der Waals surface area (Å²) in [5.41, 5.74) is 0. The summed E-state index contributed by atoms with van der Waals surface area (Å²) < 4.78 is 5.50. The van der Waals surface area contributed by atoms with E-state index in [9.17, 15) is 0 Å². The summed E-state index contributed by atoms with van der Waals surface area (Å²) >= 11 is 0. The fourth-order valence-electron chi connectivity index (χ4n) is 3.92. The predicted octanol–water partition coefficient (Wildman–Crippen LogP) is 0.392. The Kier molecular flexibility index (Phi) is 9.82. The Morgan fingerprint density at radius 3 is 2.19 bits per heavy atom. The van der Waals surface area contributed by atoms with Gasteiger partial charge in [0.2, 0.25) is 0 Å². The summed E-state index contributed by atoms with van der Waals surface area (Å²) in [5, 5.41) is 7.07. The van der Waals surface area contributed by atoms with Gasteiger partial charge >= 0.3 is 0 Å². The fourth-order valence-corrected chi connectivity index (χ4v) is 3.92. The summed E-state index contributed by atoms with van der Waals surface area (Å²) in [5.74, 6) is 2.12. The molecular formula is C20H42N6O. The van der Waals surface area contributed by atoms with Crippen LogP contribution in [0.1, 0.15) is 20.8 Å². The van der Waals surface area contributed by atoms with E-state index >= 15 is 0 Å². The SMILES string of the molecule is CN=C(NCC(C)CN1CCN(C)CC1)NCC(C(C)C)N1CCOCC1. The van der Waals surface area contributed by atoms with Gasteiger partial charge in [0.1, 0.15) is 0 Å². The highest BCUT2D eigenvalue weighted by Gasteiger charge is 2.24. The number of hydrogen-bond acceptors (Lipinski definition) is 5. The molecule has 2 N–H and O–H groups in total. The van der Waals surface area contributed by atoms with E-state index in [1.54, 1.807) is 0 Å². The number of morpholine rings is 1. The average molecular weight is 383 g/mol. The molecule has 0 aromatic heterocycles. The Bertz CT molecular complexity index is 430. The lowest BCUT2D eigenvalue weighted by atomic mass is 10.0. The number of nitrogens with zero attached hydrogens (tertiary/aromatic N) is 4. The van der Waals surface area contributed by atoms with E-state index in [1.807, 2.05) is 7.05 Å². The van der Waals surface area contributed by atoms with E-state index in [0.717, 1.165) is 51.9 Å². The Hall–Kier alpha value is -0.890. The van der Waals surface area contributed by atoms with Gasteiger partial charge in [-0.1, -0.05) is 20.8 Å². The van der Waals surface area contributed by atoms with Gasteiger partial charge in [-0.3, -0.25) is 9.89 Å². The lowest BCUT2D eigenvalue weighted by Gasteiger charge is -2.37. The number of piperazine rings is 1. The zero-order valence-corrected chi connectivity index (χ0v) is 18.2. The van der Waals surface area contributed by atoms with Crippen LogP contribution in [0.3, 0.4) is 0 Å². The zero-order chi connectivity index (χ0) is 19.6. The molecule has 2 heterocycles. The van der Waals surface area contributed by atoms with Gasteiger partial charge in [-0.15, -0.1) is 0 Å². The van der Waals surface area contributed by atoms with Gasteiger partial charge in [-0.2, -0.15) is 0 Å². The number of rotatable bonds is 8. The van der Waals surface area contributed by atoms with Crippen molar-refractivity contribution in [3.05, 3.63) is 0 Å². The first-order valence-corrected chi connectivity index (χ1v) is 10.7. The molecular weight excluding hydrogens is 340 g/mol. The molecule has 0 saturated carbocycles. The van der Waals surface area contributed by atoms with Crippen molar-refractivity contribution in [3.8, 4) is 0 Å². The third-order valence-corrected chi connectivity index (χ3v) is 5.77. The fraction of sp³-hybridized carbons (Fsp3) is 0.950. The van der Waals surface area contributed by atoms with Crippen LogP contribution in [0, 0.1) is 11.8 Å². The van der Waals surface area contributed by atoms with E-state index in [0.29, 0.717) is 17.9 Å². The molecule has 2 saturated heterocycles. The molecule has 0 amide bonds. The van der Waals surface area contributed by atoms with Gasteiger partial charge in [-0.05, 0) is 18.9 Å². The summed E-state index contributed by atoms with van der Waals surface area (Å²) in [6.45, 7) is 18.4. The van der Waals surface area contributed by atoms with Crippen LogP contribution in [0.4, 0.5) is 0 Å². The quantitative estimate of drug-likeness (QED) is 0.468. The second kappa shape index (κ2) is 11.8. The van der Waals surface area contributed by atoms with Gasteiger partial charge < -0.3 is 25.2 Å². The summed E-state index contributed by atoms with van der Waals surface area (Å²) in [6, 6.07) is 0.509. The second-order valence-electron chi connectivity index (χ2n) is 8.50. The smallest absolute Gasteiger partial charge is 0.191 e. The number of nitrogens with one attached hydrogen (secondary N) is 2. The number of guanidine groups is 1. The van der Waals surface area contributed by atoms with Gasteiger partial charge in [0.15, 0.2) is 5.96 Å². The first-order chi connectivity index (χ1) is 13.0. The van der Waals surface area contributed by atoms with Crippen molar-refractivity contribution in [2.45, 2.75) is 26.8 Å². The lowest BCUT2D eigenvalue weighted by Crippen LogP contribution is -2.53. The number of ether oxygens (including phenoxy) is 1. The molecule has 2 aliphatic rings. The minimum Gasteiger partial charge on any atom is -0.379 e. The molecule has 2 unspecified atom stereocenters. The summed E-state index contributed by atoms with van der Waals surface area (Å²) in [7, 11) is 4.07. The van der Waals surface area contributed by atoms with Crippen molar-refractivity contribution in [2.75, 3.05) is 86.2 Å². The highest BCUT2D eigenvalue weighted by molar-refractivity contribution is 5.79. The second-order valence-corrected chi connectivity index (χ2v) is 8.50. The van der Waals surface area contributed by atoms with Crippen molar-refractivity contribution in [3.63, 3.8) is 0 Å². The standard InChI is InChI=1S/C20H42N6O/c1-17(2)19(26-10-12-27-13-11-26)15-23-20(21-4)22-14-18(3)16-25-8-6-24(5)7-9-25/h17-19H,6-16H2,1-5H3,(H2,21,22,23). The highest BCUT2D eigenvalue weighted by atomic mass is 16.5. The number of hydrogen-bond donors (Lipinski definition) is 2. The molecule has 7 nitrogen and oxygen atoms in total. The molecule has 0 aromatic carbocycles. The number of likely N-dealkylation sites (N-methyl/N-ethyl adjacent to an activating group) is 1. The van der Waals surface area contributed by atoms with Crippen LogP contribution in [0.2, 0.25) is 0 Å². The van der Waals surface area contributed by atoms with Crippen LogP contribution in [0.25, 0.3) is 0 Å². The van der Waals surface area contributed by atoms with E-state index < -0.39 is 0 Å². The predicted molar refractivity (Wildman–Crippen MR) is 113 cm³/mol. The van der Waals surface area contributed by atoms with Crippen molar-refractivity contribution in [1.82, 2.24) is 25.3 Å². The minimum atomic E-state index is 0.509. The molecule has 7 heteroatoms. The molecule has 158 valence electrons. The van der Waals surface area contributed by atoms with Crippen molar-refractivity contribution < 1.29 is 4.74 Å². The maximum Gasteiger partial charge on any atom is 0.191 e. The van der Waals surface area contributed by atoms with Crippen LogP contribution < -0.4 is 10.6 Å². The van der Waals surface area contributed by atoms with Crippen LogP contribution in [-0.2, 0) is 4.74 Å². The average Bonchev–Trinajstić information content (AvgIpc) is 2.67. The normalized spacial score (nSPS) is 23.4.